The van der Waals surface area contributed by atoms with Crippen molar-refractivity contribution >= 4 is 21.0 Å². The third-order valence-electron chi connectivity index (χ3n) is 1.58. The third-order valence-corrected chi connectivity index (χ3v) is 4.17. The molecule has 0 aliphatic carbocycles. The molecule has 0 saturated carbocycles. The molecule has 0 bridgehead atoms. The van der Waals surface area contributed by atoms with E-state index in [0.717, 1.165) is 0 Å². The van der Waals surface area contributed by atoms with Crippen LogP contribution in [0.2, 0.25) is 0 Å². The van der Waals surface area contributed by atoms with Crippen LogP contribution in [0.1, 0.15) is 13.8 Å². The van der Waals surface area contributed by atoms with Crippen molar-refractivity contribution in [2.24, 2.45) is 0 Å². The van der Waals surface area contributed by atoms with E-state index in [9.17, 15) is 4.79 Å². The van der Waals surface area contributed by atoms with Crippen LogP contribution < -0.4 is 0 Å². The molecule has 0 saturated heterocycles. The Morgan fingerprint density at radius 3 is 1.54 bits per heavy atom. The minimum absolute atomic E-state index is 0.0576. The Hall–Kier alpha value is -0.155. The van der Waals surface area contributed by atoms with Gasteiger partial charge in [0.1, 0.15) is 0 Å². The molecular formula is C6H18BO5P. The Kier molecular flexibility index (Phi) is 6.54. The van der Waals surface area contributed by atoms with E-state index in [2.05, 4.69) is 4.74 Å². The summed E-state index contributed by atoms with van der Waals surface area (Å²) in [5.41, 5.74) is 0. The molecule has 0 aromatic rings. The molecule has 7 heteroatoms. The quantitative estimate of drug-likeness (QED) is 0.431. The number of ether oxygens (including phenoxy) is 1. The molecule has 0 aliphatic heterocycles. The molecule has 80 valence electrons. The fourth-order valence-corrected chi connectivity index (χ4v) is 0.671. The molecular weight excluding hydrogens is 194 g/mol. The standard InChI is InChI=1S/C4H13O3P.C2H5BO2/c1-3-8(5,6,7)4-2;1-5-2(3)4/h5-7H,3-4H2,1-2H3;3H2,1H3. The summed E-state index contributed by atoms with van der Waals surface area (Å²) in [6.45, 7) is 3.11. The van der Waals surface area contributed by atoms with E-state index in [4.69, 9.17) is 14.7 Å². The summed E-state index contributed by atoms with van der Waals surface area (Å²) >= 11 is 0. The second-order valence-corrected chi connectivity index (χ2v) is 6.61. The molecule has 3 N–H and O–H groups in total. The average Bonchev–Trinajstić information content (AvgIpc) is 2.05. The average molecular weight is 212 g/mol. The van der Waals surface area contributed by atoms with Gasteiger partial charge in [0.05, 0.1) is 7.11 Å². The van der Waals surface area contributed by atoms with Gasteiger partial charge in [-0.2, -0.15) is 0 Å². The second-order valence-electron chi connectivity index (χ2n) is 2.67. The van der Waals surface area contributed by atoms with E-state index in [1.807, 2.05) is 0 Å². The van der Waals surface area contributed by atoms with E-state index in [-0.39, 0.29) is 18.2 Å². The molecule has 0 aromatic heterocycles. The van der Waals surface area contributed by atoms with Crippen molar-refractivity contribution in [2.75, 3.05) is 19.4 Å². The van der Waals surface area contributed by atoms with Gasteiger partial charge in [0.25, 0.3) is 0 Å². The third kappa shape index (κ3) is 11.8. The normalized spacial score (nSPS) is 13.2. The van der Waals surface area contributed by atoms with Crippen molar-refractivity contribution in [3.05, 3.63) is 0 Å². The van der Waals surface area contributed by atoms with Gasteiger partial charge in [0, 0.05) is 0 Å². The molecule has 0 spiro atoms. The van der Waals surface area contributed by atoms with Crippen LogP contribution in [-0.2, 0) is 4.74 Å². The predicted octanol–water partition coefficient (Wildman–Crippen LogP) is -0.313. The number of rotatable bonds is 2. The van der Waals surface area contributed by atoms with Crippen molar-refractivity contribution in [1.29, 1.82) is 0 Å². The van der Waals surface area contributed by atoms with Crippen LogP contribution in [0.15, 0.2) is 0 Å². The van der Waals surface area contributed by atoms with Gasteiger partial charge in [-0.3, -0.25) is 4.79 Å². The Balaban J connectivity index is 0. The van der Waals surface area contributed by atoms with Gasteiger partial charge in [0.15, 0.2) is 0 Å². The van der Waals surface area contributed by atoms with Crippen LogP contribution >= 0.6 is 7.28 Å². The van der Waals surface area contributed by atoms with Gasteiger partial charge in [-0.15, -0.1) is 0 Å². The first-order valence-corrected chi connectivity index (χ1v) is 6.43. The van der Waals surface area contributed by atoms with E-state index in [1.165, 1.54) is 15.0 Å². The van der Waals surface area contributed by atoms with Crippen LogP contribution in [0.3, 0.4) is 0 Å². The van der Waals surface area contributed by atoms with Crippen molar-refractivity contribution in [1.82, 2.24) is 0 Å². The molecule has 0 heterocycles. The van der Waals surface area contributed by atoms with E-state index in [0.29, 0.717) is 0 Å². The Labute approximate surface area is 79.3 Å². The summed E-state index contributed by atoms with van der Waals surface area (Å²) in [6, 6.07) is 0. The van der Waals surface area contributed by atoms with Gasteiger partial charge in [-0.05, 0) is 0 Å². The Morgan fingerprint density at radius 2 is 1.54 bits per heavy atom. The van der Waals surface area contributed by atoms with Gasteiger partial charge in [-0.25, -0.2) is 0 Å². The Bertz CT molecular complexity index is 156. The monoisotopic (exact) mass is 212 g/mol. The van der Waals surface area contributed by atoms with E-state index >= 15 is 0 Å². The van der Waals surface area contributed by atoms with Crippen molar-refractivity contribution < 1.29 is 24.2 Å². The number of hydrogen-bond acceptors (Lipinski definition) is 5. The molecule has 0 fully saturated rings. The zero-order valence-corrected chi connectivity index (χ0v) is 9.41. The summed E-state index contributed by atoms with van der Waals surface area (Å²) in [5.74, 6) is -0.245. The number of carbonyl (C=O) groups excluding carboxylic acids is 1. The van der Waals surface area contributed by atoms with Crippen molar-refractivity contribution in [2.45, 2.75) is 13.8 Å². The first-order chi connectivity index (χ1) is 5.66. The number of hydrogen-bond donors (Lipinski definition) is 3. The summed E-state index contributed by atoms with van der Waals surface area (Å²) in [4.78, 5) is 36.1. The zero-order chi connectivity index (χ0) is 11.1. The van der Waals surface area contributed by atoms with Crippen LogP contribution in [0.5, 0.6) is 0 Å². The van der Waals surface area contributed by atoms with E-state index < -0.39 is 7.28 Å². The first kappa shape index (κ1) is 15.3. The summed E-state index contributed by atoms with van der Waals surface area (Å²) in [7, 11) is -1.39. The molecule has 5 nitrogen and oxygen atoms in total. The van der Waals surface area contributed by atoms with Gasteiger partial charge >= 0.3 is 48.1 Å². The van der Waals surface area contributed by atoms with Crippen LogP contribution in [0.4, 0.5) is 4.79 Å². The van der Waals surface area contributed by atoms with E-state index in [1.54, 1.807) is 13.8 Å². The molecule has 0 rings (SSSR count). The fraction of sp³-hybridized carbons (Fsp3) is 0.833. The van der Waals surface area contributed by atoms with Crippen LogP contribution in [0, 0.1) is 0 Å². The van der Waals surface area contributed by atoms with Gasteiger partial charge in [-0.1, -0.05) is 0 Å². The first-order valence-electron chi connectivity index (χ1n) is 3.96. The van der Waals surface area contributed by atoms with Crippen LogP contribution in [0.25, 0.3) is 0 Å². The SMILES string of the molecule is BC(=O)OC.CCP(O)(O)(O)CC. The topological polar surface area (TPSA) is 87.0 Å². The minimum atomic E-state index is -4.10. The zero-order valence-electron chi connectivity index (χ0n) is 8.52. The van der Waals surface area contributed by atoms with Crippen LogP contribution in [-0.4, -0.2) is 47.8 Å². The molecule has 0 atom stereocenters. The summed E-state index contributed by atoms with van der Waals surface area (Å²) < 4.78 is 4.11. The second kappa shape index (κ2) is 5.55. The predicted molar refractivity (Wildman–Crippen MR) is 55.6 cm³/mol. The molecule has 0 aromatic carbocycles. The fourth-order valence-electron chi connectivity index (χ4n) is 0.224. The number of methoxy groups -OCH3 is 1. The van der Waals surface area contributed by atoms with Gasteiger partial charge < -0.3 is 4.74 Å². The van der Waals surface area contributed by atoms with Crippen molar-refractivity contribution in [3.8, 4) is 0 Å². The van der Waals surface area contributed by atoms with Gasteiger partial charge in [0.2, 0.25) is 13.7 Å². The molecule has 0 aliphatic rings. The molecule has 0 radical (unpaired) electrons. The number of carbonyl (C=O) groups is 1. The molecule has 0 amide bonds. The molecule has 0 unspecified atom stereocenters. The summed E-state index contributed by atoms with van der Waals surface area (Å²) in [5, 5.41) is 0. The summed E-state index contributed by atoms with van der Waals surface area (Å²) in [6.07, 6.45) is 0.115. The maximum absolute atomic E-state index is 9.59. The molecule has 13 heavy (non-hydrogen) atoms. The van der Waals surface area contributed by atoms with Crippen molar-refractivity contribution in [3.63, 3.8) is 0 Å². The maximum atomic E-state index is 9.59. The Morgan fingerprint density at radius 1 is 1.31 bits per heavy atom.